The molecule has 0 spiro atoms. The number of aliphatic hydroxyl groups excluding tert-OH is 1. The number of benzene rings is 1. The summed E-state index contributed by atoms with van der Waals surface area (Å²) in [4.78, 5) is 0. The van der Waals surface area contributed by atoms with E-state index >= 15 is 0 Å². The van der Waals surface area contributed by atoms with Crippen molar-refractivity contribution < 1.29 is 9.50 Å². The molecule has 0 aliphatic carbocycles. The van der Waals surface area contributed by atoms with Gasteiger partial charge < -0.3 is 5.11 Å². The maximum Gasteiger partial charge on any atom is 0.142 e. The van der Waals surface area contributed by atoms with Crippen LogP contribution in [0.1, 0.15) is 32.4 Å². The summed E-state index contributed by atoms with van der Waals surface area (Å²) in [5, 5.41) is 9.94. The molecule has 0 bridgehead atoms. The number of rotatable bonds is 1. The molecular weight excluding hydrogens is 203 g/mol. The monoisotopic (exact) mass is 216 g/mol. The Morgan fingerprint density at radius 3 is 2.36 bits per heavy atom. The Bertz CT molecular complexity index is 331. The Morgan fingerprint density at radius 2 is 1.93 bits per heavy atom. The molecule has 0 aliphatic heterocycles. The molecule has 1 unspecified atom stereocenters. The lowest BCUT2D eigenvalue weighted by Gasteiger charge is -2.26. The second kappa shape index (κ2) is 3.87. The van der Waals surface area contributed by atoms with E-state index < -0.39 is 11.9 Å². The zero-order chi connectivity index (χ0) is 10.9. The molecule has 0 saturated heterocycles. The van der Waals surface area contributed by atoms with Gasteiger partial charge in [0, 0.05) is 0 Å². The Labute approximate surface area is 88.5 Å². The quantitative estimate of drug-likeness (QED) is 0.761. The van der Waals surface area contributed by atoms with Crippen molar-refractivity contribution in [1.29, 1.82) is 0 Å². The van der Waals surface area contributed by atoms with Gasteiger partial charge in [-0.25, -0.2) is 4.39 Å². The van der Waals surface area contributed by atoms with Gasteiger partial charge in [-0.15, -0.1) is 0 Å². The summed E-state index contributed by atoms with van der Waals surface area (Å²) in [6, 6.07) is 4.38. The first-order valence-electron chi connectivity index (χ1n) is 4.45. The Kier molecular flexibility index (Phi) is 3.17. The summed E-state index contributed by atoms with van der Waals surface area (Å²) in [6.07, 6.45) is -0.686. The molecule has 1 nitrogen and oxygen atoms in total. The smallest absolute Gasteiger partial charge is 0.142 e. The van der Waals surface area contributed by atoms with E-state index in [2.05, 4.69) is 0 Å². The van der Waals surface area contributed by atoms with Crippen LogP contribution >= 0.6 is 11.6 Å². The maximum atomic E-state index is 13.1. The topological polar surface area (TPSA) is 20.2 Å². The predicted molar refractivity (Wildman–Crippen MR) is 55.8 cm³/mol. The Balaban J connectivity index is 3.03. The summed E-state index contributed by atoms with van der Waals surface area (Å²) >= 11 is 5.54. The van der Waals surface area contributed by atoms with Gasteiger partial charge in [-0.1, -0.05) is 38.4 Å². The van der Waals surface area contributed by atoms with Crippen LogP contribution in [0.2, 0.25) is 5.02 Å². The third-order valence-electron chi connectivity index (χ3n) is 2.08. The molecule has 1 aromatic carbocycles. The molecule has 14 heavy (non-hydrogen) atoms. The van der Waals surface area contributed by atoms with Crippen molar-refractivity contribution in [3.8, 4) is 0 Å². The van der Waals surface area contributed by atoms with Gasteiger partial charge in [0.15, 0.2) is 0 Å². The Morgan fingerprint density at radius 1 is 1.36 bits per heavy atom. The zero-order valence-corrected chi connectivity index (χ0v) is 9.27. The maximum absolute atomic E-state index is 13.1. The van der Waals surface area contributed by atoms with Gasteiger partial charge in [-0.2, -0.15) is 0 Å². The zero-order valence-electron chi connectivity index (χ0n) is 8.51. The van der Waals surface area contributed by atoms with Crippen molar-refractivity contribution >= 4 is 11.6 Å². The highest BCUT2D eigenvalue weighted by atomic mass is 35.5. The summed E-state index contributed by atoms with van der Waals surface area (Å²) < 4.78 is 13.1. The molecule has 1 N–H and O–H groups in total. The fraction of sp³-hybridized carbons (Fsp3) is 0.455. The Hall–Kier alpha value is -0.600. The summed E-state index contributed by atoms with van der Waals surface area (Å²) in [5.74, 6) is -0.493. The van der Waals surface area contributed by atoms with E-state index in [1.54, 1.807) is 6.07 Å². The van der Waals surface area contributed by atoms with Crippen LogP contribution in [0.3, 0.4) is 0 Å². The van der Waals surface area contributed by atoms with Crippen LogP contribution in [0.25, 0.3) is 0 Å². The SMILES string of the molecule is CC(C)(C)C(O)c1ccc(Cl)c(F)c1. The van der Waals surface area contributed by atoms with Gasteiger partial charge in [-0.05, 0) is 23.1 Å². The van der Waals surface area contributed by atoms with E-state index in [9.17, 15) is 9.50 Å². The minimum atomic E-state index is -0.686. The fourth-order valence-electron chi connectivity index (χ4n) is 1.18. The van der Waals surface area contributed by atoms with Gasteiger partial charge in [0.25, 0.3) is 0 Å². The first-order chi connectivity index (χ1) is 6.32. The first-order valence-corrected chi connectivity index (χ1v) is 4.83. The average Bonchev–Trinajstić information content (AvgIpc) is 2.07. The highest BCUT2D eigenvalue weighted by molar-refractivity contribution is 6.30. The predicted octanol–water partition coefficient (Wildman–Crippen LogP) is 3.56. The molecule has 1 atom stereocenters. The van der Waals surface area contributed by atoms with Gasteiger partial charge in [0.2, 0.25) is 0 Å². The molecule has 0 fully saturated rings. The normalized spacial score (nSPS) is 14.1. The average molecular weight is 217 g/mol. The number of hydrogen-bond acceptors (Lipinski definition) is 1. The molecule has 1 aromatic rings. The van der Waals surface area contributed by atoms with Crippen LogP contribution in [-0.2, 0) is 0 Å². The third-order valence-corrected chi connectivity index (χ3v) is 2.39. The molecule has 1 rings (SSSR count). The molecule has 0 heterocycles. The van der Waals surface area contributed by atoms with Gasteiger partial charge in [-0.3, -0.25) is 0 Å². The number of hydrogen-bond donors (Lipinski definition) is 1. The lowest BCUT2D eigenvalue weighted by atomic mass is 9.85. The molecular formula is C11H14ClFO. The number of halogens is 2. The molecule has 0 amide bonds. The van der Waals surface area contributed by atoms with Crippen LogP contribution in [0, 0.1) is 11.2 Å². The van der Waals surface area contributed by atoms with E-state index in [-0.39, 0.29) is 10.4 Å². The number of aliphatic hydroxyl groups is 1. The van der Waals surface area contributed by atoms with Gasteiger partial charge in [0.05, 0.1) is 11.1 Å². The van der Waals surface area contributed by atoms with Crippen LogP contribution in [-0.4, -0.2) is 5.11 Å². The van der Waals surface area contributed by atoms with Crippen molar-refractivity contribution in [2.45, 2.75) is 26.9 Å². The van der Waals surface area contributed by atoms with Crippen molar-refractivity contribution in [3.05, 3.63) is 34.6 Å². The largest absolute Gasteiger partial charge is 0.388 e. The van der Waals surface area contributed by atoms with Crippen LogP contribution in [0.4, 0.5) is 4.39 Å². The van der Waals surface area contributed by atoms with E-state index in [1.165, 1.54) is 12.1 Å². The first kappa shape index (κ1) is 11.5. The molecule has 0 radical (unpaired) electrons. The standard InChI is InChI=1S/C11H14ClFO/c1-11(2,3)10(14)7-4-5-8(12)9(13)6-7/h4-6,10,14H,1-3H3. The fourth-order valence-corrected chi connectivity index (χ4v) is 1.30. The summed E-state index contributed by atoms with van der Waals surface area (Å²) in [6.45, 7) is 5.68. The highest BCUT2D eigenvalue weighted by Crippen LogP contribution is 2.33. The van der Waals surface area contributed by atoms with E-state index in [0.717, 1.165) is 0 Å². The molecule has 3 heteroatoms. The lowest BCUT2D eigenvalue weighted by molar-refractivity contribution is 0.0624. The van der Waals surface area contributed by atoms with Crippen molar-refractivity contribution in [3.63, 3.8) is 0 Å². The van der Waals surface area contributed by atoms with Crippen molar-refractivity contribution in [2.75, 3.05) is 0 Å². The second-order valence-corrected chi connectivity index (χ2v) is 4.85. The molecule has 78 valence electrons. The molecule has 0 saturated carbocycles. The van der Waals surface area contributed by atoms with Crippen molar-refractivity contribution in [1.82, 2.24) is 0 Å². The molecule has 0 aliphatic rings. The lowest BCUT2D eigenvalue weighted by Crippen LogP contribution is -2.17. The van der Waals surface area contributed by atoms with Crippen LogP contribution in [0.15, 0.2) is 18.2 Å². The minimum absolute atomic E-state index is 0.0786. The minimum Gasteiger partial charge on any atom is -0.388 e. The third kappa shape index (κ3) is 2.46. The summed E-state index contributed by atoms with van der Waals surface area (Å²) in [7, 11) is 0. The second-order valence-electron chi connectivity index (χ2n) is 4.44. The van der Waals surface area contributed by atoms with Crippen LogP contribution < -0.4 is 0 Å². The highest BCUT2D eigenvalue weighted by Gasteiger charge is 2.24. The van der Waals surface area contributed by atoms with E-state index in [0.29, 0.717) is 5.56 Å². The van der Waals surface area contributed by atoms with E-state index in [4.69, 9.17) is 11.6 Å². The van der Waals surface area contributed by atoms with Crippen molar-refractivity contribution in [2.24, 2.45) is 5.41 Å². The summed E-state index contributed by atoms with van der Waals surface area (Å²) in [5.41, 5.74) is 0.250. The van der Waals surface area contributed by atoms with Crippen LogP contribution in [0.5, 0.6) is 0 Å². The molecule has 0 aromatic heterocycles. The van der Waals surface area contributed by atoms with Gasteiger partial charge in [0.1, 0.15) is 5.82 Å². The van der Waals surface area contributed by atoms with Gasteiger partial charge >= 0.3 is 0 Å². The van der Waals surface area contributed by atoms with E-state index in [1.807, 2.05) is 20.8 Å².